The molecule has 24 heavy (non-hydrogen) atoms. The van der Waals surface area contributed by atoms with Gasteiger partial charge in [-0.15, -0.1) is 0 Å². The Morgan fingerprint density at radius 2 is 1.79 bits per heavy atom. The lowest BCUT2D eigenvalue weighted by Gasteiger charge is -2.22. The molecule has 3 amide bonds. The lowest BCUT2D eigenvalue weighted by Crippen LogP contribution is -2.34. The summed E-state index contributed by atoms with van der Waals surface area (Å²) in [4.78, 5) is 27.1. The first-order chi connectivity index (χ1) is 11.5. The van der Waals surface area contributed by atoms with Crippen molar-refractivity contribution in [2.45, 2.75) is 32.6 Å². The molecule has 0 saturated heterocycles. The van der Waals surface area contributed by atoms with Gasteiger partial charge in [0.1, 0.15) is 0 Å². The molecule has 0 atom stereocenters. The van der Waals surface area contributed by atoms with Gasteiger partial charge in [-0.2, -0.15) is 0 Å². The number of carbonyl (C=O) groups excluding carboxylic acids is 2. The summed E-state index contributed by atoms with van der Waals surface area (Å²) in [6, 6.07) is 7.03. The van der Waals surface area contributed by atoms with E-state index in [1.54, 1.807) is 43.1 Å². The maximum atomic E-state index is 12.2. The van der Waals surface area contributed by atoms with Gasteiger partial charge >= 0.3 is 12.1 Å². The molecule has 0 spiro atoms. The Balaban J connectivity index is 1.88. The number of nitrogens with one attached hydrogen (secondary N) is 1. The molecule has 1 aromatic rings. The molecular formula is C18H27N3O3. The van der Waals surface area contributed by atoms with E-state index in [0.29, 0.717) is 23.9 Å². The second kappa shape index (κ2) is 8.57. The van der Waals surface area contributed by atoms with Crippen molar-refractivity contribution in [2.75, 3.05) is 37.5 Å². The fourth-order valence-corrected chi connectivity index (χ4v) is 2.98. The highest BCUT2D eigenvalue weighted by Gasteiger charge is 2.19. The molecule has 1 aliphatic rings. The Morgan fingerprint density at radius 1 is 1.17 bits per heavy atom. The Labute approximate surface area is 143 Å². The third-order valence-corrected chi connectivity index (χ3v) is 4.40. The number of rotatable bonds is 5. The van der Waals surface area contributed by atoms with Crippen LogP contribution in [0.3, 0.4) is 0 Å². The molecule has 1 N–H and O–H groups in total. The van der Waals surface area contributed by atoms with Gasteiger partial charge in [0.15, 0.2) is 0 Å². The van der Waals surface area contributed by atoms with Crippen molar-refractivity contribution in [1.29, 1.82) is 0 Å². The SMILES string of the molecule is CCOC(=O)N(C)c1ccc(NC(=O)N(C)CC2CCCC2)cc1. The zero-order chi connectivity index (χ0) is 17.5. The van der Waals surface area contributed by atoms with Crippen LogP contribution in [0.4, 0.5) is 21.0 Å². The van der Waals surface area contributed by atoms with E-state index in [1.165, 1.54) is 30.6 Å². The Kier molecular flexibility index (Phi) is 6.46. The fourth-order valence-electron chi connectivity index (χ4n) is 2.98. The molecular weight excluding hydrogens is 306 g/mol. The van der Waals surface area contributed by atoms with Gasteiger partial charge in [0.05, 0.1) is 6.61 Å². The summed E-state index contributed by atoms with van der Waals surface area (Å²) >= 11 is 0. The van der Waals surface area contributed by atoms with Crippen molar-refractivity contribution in [1.82, 2.24) is 4.90 Å². The van der Waals surface area contributed by atoms with E-state index in [1.807, 2.05) is 7.05 Å². The number of anilines is 2. The molecule has 0 unspecified atom stereocenters. The summed E-state index contributed by atoms with van der Waals surface area (Å²) in [5, 5.41) is 2.89. The number of amides is 3. The second-order valence-electron chi connectivity index (χ2n) is 6.27. The Morgan fingerprint density at radius 3 is 2.38 bits per heavy atom. The van der Waals surface area contributed by atoms with Gasteiger partial charge in [-0.1, -0.05) is 12.8 Å². The Hall–Kier alpha value is -2.24. The average molecular weight is 333 g/mol. The third kappa shape index (κ3) is 4.88. The molecule has 132 valence electrons. The van der Waals surface area contributed by atoms with Crippen molar-refractivity contribution in [3.05, 3.63) is 24.3 Å². The van der Waals surface area contributed by atoms with Crippen LogP contribution in [0.5, 0.6) is 0 Å². The highest BCUT2D eigenvalue weighted by atomic mass is 16.6. The molecule has 0 bridgehead atoms. The molecule has 1 fully saturated rings. The molecule has 0 aromatic heterocycles. The summed E-state index contributed by atoms with van der Waals surface area (Å²) in [5.41, 5.74) is 1.42. The molecule has 2 rings (SSSR count). The van der Waals surface area contributed by atoms with Gasteiger partial charge in [0.2, 0.25) is 0 Å². The molecule has 0 heterocycles. The molecule has 1 saturated carbocycles. The monoisotopic (exact) mass is 333 g/mol. The first-order valence-corrected chi connectivity index (χ1v) is 8.54. The number of nitrogens with zero attached hydrogens (tertiary/aromatic N) is 2. The topological polar surface area (TPSA) is 61.9 Å². The van der Waals surface area contributed by atoms with Crippen LogP contribution >= 0.6 is 0 Å². The number of urea groups is 1. The normalized spacial score (nSPS) is 14.3. The van der Waals surface area contributed by atoms with Crippen molar-refractivity contribution < 1.29 is 14.3 Å². The summed E-state index contributed by atoms with van der Waals surface area (Å²) < 4.78 is 4.96. The van der Waals surface area contributed by atoms with E-state index in [4.69, 9.17) is 4.74 Å². The van der Waals surface area contributed by atoms with Crippen LogP contribution in [0.1, 0.15) is 32.6 Å². The molecule has 6 nitrogen and oxygen atoms in total. The van der Waals surface area contributed by atoms with Crippen molar-refractivity contribution >= 4 is 23.5 Å². The number of hydrogen-bond donors (Lipinski definition) is 1. The van der Waals surface area contributed by atoms with Gasteiger partial charge in [-0.25, -0.2) is 9.59 Å². The van der Waals surface area contributed by atoms with Crippen molar-refractivity contribution in [2.24, 2.45) is 5.92 Å². The molecule has 0 radical (unpaired) electrons. The summed E-state index contributed by atoms with van der Waals surface area (Å²) in [6.07, 6.45) is 4.58. The predicted octanol–water partition coefficient (Wildman–Crippen LogP) is 3.93. The minimum absolute atomic E-state index is 0.103. The number of benzene rings is 1. The number of hydrogen-bond acceptors (Lipinski definition) is 3. The molecule has 1 aliphatic carbocycles. The lowest BCUT2D eigenvalue weighted by molar-refractivity contribution is 0.161. The van der Waals surface area contributed by atoms with Crippen LogP contribution in [0.15, 0.2) is 24.3 Å². The van der Waals surface area contributed by atoms with Gasteiger partial charge < -0.3 is 15.0 Å². The first-order valence-electron chi connectivity index (χ1n) is 8.54. The zero-order valence-corrected chi connectivity index (χ0v) is 14.7. The minimum Gasteiger partial charge on any atom is -0.449 e. The fraction of sp³-hybridized carbons (Fsp3) is 0.556. The second-order valence-corrected chi connectivity index (χ2v) is 6.27. The van der Waals surface area contributed by atoms with E-state index >= 15 is 0 Å². The molecule has 1 aromatic carbocycles. The van der Waals surface area contributed by atoms with Crippen LogP contribution in [-0.4, -0.2) is 44.3 Å². The van der Waals surface area contributed by atoms with E-state index in [9.17, 15) is 9.59 Å². The molecule has 0 aliphatic heterocycles. The van der Waals surface area contributed by atoms with Gasteiger partial charge in [-0.3, -0.25) is 4.90 Å². The van der Waals surface area contributed by atoms with Crippen molar-refractivity contribution in [3.8, 4) is 0 Å². The highest BCUT2D eigenvalue weighted by molar-refractivity contribution is 5.90. The summed E-state index contributed by atoms with van der Waals surface area (Å²) in [7, 11) is 3.48. The van der Waals surface area contributed by atoms with Crippen LogP contribution in [0, 0.1) is 5.92 Å². The highest BCUT2D eigenvalue weighted by Crippen LogP contribution is 2.25. The van der Waals surface area contributed by atoms with Crippen LogP contribution in [-0.2, 0) is 4.74 Å². The van der Waals surface area contributed by atoms with Crippen LogP contribution in [0.2, 0.25) is 0 Å². The minimum atomic E-state index is -0.398. The van der Waals surface area contributed by atoms with E-state index in [-0.39, 0.29) is 6.03 Å². The van der Waals surface area contributed by atoms with Crippen LogP contribution < -0.4 is 10.2 Å². The van der Waals surface area contributed by atoms with E-state index in [0.717, 1.165) is 6.54 Å². The number of ether oxygens (including phenoxy) is 1. The van der Waals surface area contributed by atoms with Gasteiger partial charge in [-0.05, 0) is 49.9 Å². The Bertz CT molecular complexity index is 553. The zero-order valence-electron chi connectivity index (χ0n) is 14.7. The van der Waals surface area contributed by atoms with E-state index < -0.39 is 6.09 Å². The smallest absolute Gasteiger partial charge is 0.413 e. The quantitative estimate of drug-likeness (QED) is 0.888. The van der Waals surface area contributed by atoms with Crippen molar-refractivity contribution in [3.63, 3.8) is 0 Å². The standard InChI is InChI=1S/C18H27N3O3/c1-4-24-18(23)21(3)16-11-9-15(10-12-16)19-17(22)20(2)13-14-7-5-6-8-14/h9-12,14H,4-8,13H2,1-3H3,(H,19,22). The average Bonchev–Trinajstić information content (AvgIpc) is 3.08. The largest absolute Gasteiger partial charge is 0.449 e. The maximum absolute atomic E-state index is 12.2. The maximum Gasteiger partial charge on any atom is 0.413 e. The summed E-state index contributed by atoms with van der Waals surface area (Å²) in [6.45, 7) is 2.91. The lowest BCUT2D eigenvalue weighted by atomic mass is 10.1. The van der Waals surface area contributed by atoms with Crippen LogP contribution in [0.25, 0.3) is 0 Å². The summed E-state index contributed by atoms with van der Waals surface area (Å²) in [5.74, 6) is 0.626. The first kappa shape index (κ1) is 18.1. The number of carbonyl (C=O) groups is 2. The van der Waals surface area contributed by atoms with Gasteiger partial charge in [0, 0.05) is 32.0 Å². The molecule has 6 heteroatoms. The predicted molar refractivity (Wildman–Crippen MR) is 95.5 cm³/mol. The van der Waals surface area contributed by atoms with E-state index in [2.05, 4.69) is 5.32 Å². The van der Waals surface area contributed by atoms with Gasteiger partial charge in [0.25, 0.3) is 0 Å². The third-order valence-electron chi connectivity index (χ3n) is 4.40.